The minimum absolute atomic E-state index is 0.460. The summed E-state index contributed by atoms with van der Waals surface area (Å²) in [4.78, 5) is 2.46. The summed E-state index contributed by atoms with van der Waals surface area (Å²) in [6.07, 6.45) is 5.78. The minimum atomic E-state index is 0.460. The lowest BCUT2D eigenvalue weighted by atomic mass is 10.1. The lowest BCUT2D eigenvalue weighted by Crippen LogP contribution is -2.36. The molecule has 0 aromatic carbocycles. The number of likely N-dealkylation sites (tertiary alicyclic amines) is 1. The van der Waals surface area contributed by atoms with Crippen molar-refractivity contribution in [3.05, 3.63) is 23.7 Å². The van der Waals surface area contributed by atoms with Gasteiger partial charge in [0.15, 0.2) is 0 Å². The van der Waals surface area contributed by atoms with Gasteiger partial charge in [-0.05, 0) is 38.8 Å². The topological polar surface area (TPSA) is 37.6 Å². The van der Waals surface area contributed by atoms with Gasteiger partial charge in [0.2, 0.25) is 0 Å². The van der Waals surface area contributed by atoms with Crippen molar-refractivity contribution in [2.75, 3.05) is 26.2 Å². The highest BCUT2D eigenvalue weighted by Crippen LogP contribution is 2.17. The Morgan fingerprint density at radius 3 is 2.85 bits per heavy atom. The Hall–Kier alpha value is -0.840. The van der Waals surface area contributed by atoms with E-state index in [0.717, 1.165) is 57.9 Å². The van der Waals surface area contributed by atoms with Gasteiger partial charge in [0, 0.05) is 31.8 Å². The van der Waals surface area contributed by atoms with E-state index < -0.39 is 0 Å². The van der Waals surface area contributed by atoms with Crippen LogP contribution in [0.2, 0.25) is 0 Å². The zero-order valence-corrected chi connectivity index (χ0v) is 12.9. The molecule has 0 atom stereocenters. The van der Waals surface area contributed by atoms with E-state index in [2.05, 4.69) is 30.1 Å². The smallest absolute Gasteiger partial charge is 0.118 e. The molecule has 0 bridgehead atoms. The van der Waals surface area contributed by atoms with E-state index in [0.29, 0.717) is 6.10 Å². The van der Waals surface area contributed by atoms with Crippen LogP contribution in [-0.2, 0) is 17.8 Å². The van der Waals surface area contributed by atoms with Gasteiger partial charge in [-0.15, -0.1) is 0 Å². The molecule has 0 saturated carbocycles. The standard InChI is InChI=1S/C16H28N2O2/c1-3-7-17-11-14-10-16(20-13-14)12-18-8-5-15(6-9-18)19-4-2/h10,13,15,17H,3-9,11-12H2,1-2H3. The summed E-state index contributed by atoms with van der Waals surface area (Å²) in [6.45, 7) is 10.2. The van der Waals surface area contributed by atoms with Crippen molar-refractivity contribution in [3.8, 4) is 0 Å². The average molecular weight is 280 g/mol. The van der Waals surface area contributed by atoms with Crippen molar-refractivity contribution in [2.24, 2.45) is 0 Å². The molecule has 1 aromatic rings. The largest absolute Gasteiger partial charge is 0.468 e. The summed E-state index contributed by atoms with van der Waals surface area (Å²) in [7, 11) is 0. The van der Waals surface area contributed by atoms with Crippen LogP contribution in [0.5, 0.6) is 0 Å². The number of nitrogens with zero attached hydrogens (tertiary/aromatic N) is 1. The maximum atomic E-state index is 5.68. The van der Waals surface area contributed by atoms with Crippen molar-refractivity contribution < 1.29 is 9.15 Å². The summed E-state index contributed by atoms with van der Waals surface area (Å²) < 4.78 is 11.3. The third-order valence-corrected chi connectivity index (χ3v) is 3.78. The van der Waals surface area contributed by atoms with E-state index in [4.69, 9.17) is 9.15 Å². The number of hydrogen-bond acceptors (Lipinski definition) is 4. The van der Waals surface area contributed by atoms with Crippen LogP contribution < -0.4 is 5.32 Å². The first kappa shape index (κ1) is 15.5. The zero-order chi connectivity index (χ0) is 14.2. The highest BCUT2D eigenvalue weighted by Gasteiger charge is 2.20. The molecule has 0 aliphatic carbocycles. The van der Waals surface area contributed by atoms with Gasteiger partial charge in [-0.25, -0.2) is 0 Å². The summed E-state index contributed by atoms with van der Waals surface area (Å²) in [5.41, 5.74) is 1.25. The summed E-state index contributed by atoms with van der Waals surface area (Å²) in [6, 6.07) is 2.18. The molecule has 2 heterocycles. The molecule has 1 saturated heterocycles. The van der Waals surface area contributed by atoms with Crippen LogP contribution in [0.3, 0.4) is 0 Å². The molecule has 0 amide bonds. The second-order valence-electron chi connectivity index (χ2n) is 5.53. The van der Waals surface area contributed by atoms with E-state index >= 15 is 0 Å². The van der Waals surface area contributed by atoms with E-state index in [-0.39, 0.29) is 0 Å². The fourth-order valence-electron chi connectivity index (χ4n) is 2.70. The molecule has 2 rings (SSSR count). The van der Waals surface area contributed by atoms with E-state index in [1.807, 2.05) is 6.26 Å². The molecular formula is C16H28N2O2. The van der Waals surface area contributed by atoms with Crippen LogP contribution in [0.15, 0.2) is 16.7 Å². The van der Waals surface area contributed by atoms with Crippen LogP contribution in [0.25, 0.3) is 0 Å². The normalized spacial score (nSPS) is 17.7. The minimum Gasteiger partial charge on any atom is -0.468 e. The third kappa shape index (κ3) is 4.93. The number of hydrogen-bond donors (Lipinski definition) is 1. The zero-order valence-electron chi connectivity index (χ0n) is 12.9. The SMILES string of the molecule is CCCNCc1coc(CN2CCC(OCC)CC2)c1. The summed E-state index contributed by atoms with van der Waals surface area (Å²) >= 11 is 0. The van der Waals surface area contributed by atoms with E-state index in [9.17, 15) is 0 Å². The van der Waals surface area contributed by atoms with E-state index in [1.165, 1.54) is 12.0 Å². The maximum absolute atomic E-state index is 5.68. The predicted octanol–water partition coefficient (Wildman–Crippen LogP) is 2.78. The van der Waals surface area contributed by atoms with Crippen molar-refractivity contribution in [2.45, 2.75) is 52.3 Å². The second kappa shape index (κ2) is 8.45. The lowest BCUT2D eigenvalue weighted by Gasteiger charge is -2.30. The van der Waals surface area contributed by atoms with Crippen LogP contribution in [0, 0.1) is 0 Å². The number of furan rings is 1. The maximum Gasteiger partial charge on any atom is 0.118 e. The number of ether oxygens (including phenoxy) is 1. The van der Waals surface area contributed by atoms with Crippen molar-refractivity contribution in [3.63, 3.8) is 0 Å². The van der Waals surface area contributed by atoms with Gasteiger partial charge in [0.25, 0.3) is 0 Å². The molecule has 1 fully saturated rings. The monoisotopic (exact) mass is 280 g/mol. The first-order valence-corrected chi connectivity index (χ1v) is 7.92. The predicted molar refractivity (Wildman–Crippen MR) is 80.6 cm³/mol. The lowest BCUT2D eigenvalue weighted by molar-refractivity contribution is 0.0112. The quantitative estimate of drug-likeness (QED) is 0.743. The van der Waals surface area contributed by atoms with Crippen molar-refractivity contribution in [1.82, 2.24) is 10.2 Å². The van der Waals surface area contributed by atoms with Gasteiger partial charge in [-0.1, -0.05) is 6.92 Å². The molecule has 114 valence electrons. The van der Waals surface area contributed by atoms with Gasteiger partial charge in [-0.3, -0.25) is 4.90 Å². The van der Waals surface area contributed by atoms with Gasteiger partial charge in [0.05, 0.1) is 18.9 Å². The highest BCUT2D eigenvalue weighted by molar-refractivity contribution is 5.12. The Bertz CT molecular complexity index is 370. The van der Waals surface area contributed by atoms with Crippen LogP contribution in [0.4, 0.5) is 0 Å². The number of piperidine rings is 1. The Morgan fingerprint density at radius 1 is 1.35 bits per heavy atom. The first-order valence-electron chi connectivity index (χ1n) is 7.92. The molecule has 1 N–H and O–H groups in total. The summed E-state index contributed by atoms with van der Waals surface area (Å²) in [5, 5.41) is 3.40. The number of nitrogens with one attached hydrogen (secondary N) is 1. The Balaban J connectivity index is 1.71. The summed E-state index contributed by atoms with van der Waals surface area (Å²) in [5.74, 6) is 1.08. The van der Waals surface area contributed by atoms with Gasteiger partial charge in [0.1, 0.15) is 5.76 Å². The number of rotatable bonds is 8. The fraction of sp³-hybridized carbons (Fsp3) is 0.750. The van der Waals surface area contributed by atoms with Gasteiger partial charge in [-0.2, -0.15) is 0 Å². The highest BCUT2D eigenvalue weighted by atomic mass is 16.5. The molecule has 1 aromatic heterocycles. The van der Waals surface area contributed by atoms with Gasteiger partial charge >= 0.3 is 0 Å². The molecule has 0 unspecified atom stereocenters. The van der Waals surface area contributed by atoms with Crippen LogP contribution >= 0.6 is 0 Å². The van der Waals surface area contributed by atoms with Crippen molar-refractivity contribution >= 4 is 0 Å². The first-order chi connectivity index (χ1) is 9.81. The average Bonchev–Trinajstić information content (AvgIpc) is 2.89. The molecule has 0 spiro atoms. The van der Waals surface area contributed by atoms with E-state index in [1.54, 1.807) is 0 Å². The molecule has 4 nitrogen and oxygen atoms in total. The van der Waals surface area contributed by atoms with Crippen molar-refractivity contribution in [1.29, 1.82) is 0 Å². The van der Waals surface area contributed by atoms with Crippen LogP contribution in [-0.4, -0.2) is 37.2 Å². The fourth-order valence-corrected chi connectivity index (χ4v) is 2.70. The van der Waals surface area contributed by atoms with Crippen LogP contribution in [0.1, 0.15) is 44.4 Å². The molecule has 1 aliphatic rings. The Morgan fingerprint density at radius 2 is 2.15 bits per heavy atom. The molecular weight excluding hydrogens is 252 g/mol. The molecule has 20 heavy (non-hydrogen) atoms. The van der Waals surface area contributed by atoms with Gasteiger partial charge < -0.3 is 14.5 Å². The molecule has 4 heteroatoms. The second-order valence-corrected chi connectivity index (χ2v) is 5.53. The third-order valence-electron chi connectivity index (χ3n) is 3.78. The Labute approximate surface area is 122 Å². The Kier molecular flexibility index (Phi) is 6.57. The molecule has 0 radical (unpaired) electrons. The molecule has 1 aliphatic heterocycles.